The van der Waals surface area contributed by atoms with Crippen molar-refractivity contribution in [1.29, 1.82) is 0 Å². The average Bonchev–Trinajstić information content (AvgIpc) is 3.01. The molecule has 1 aromatic heterocycles. The Hall–Kier alpha value is -1.89. The molecule has 1 aliphatic heterocycles. The summed E-state index contributed by atoms with van der Waals surface area (Å²) in [7, 11) is 0. The minimum atomic E-state index is -0.773. The number of rotatable bonds is 7. The van der Waals surface area contributed by atoms with E-state index in [1.807, 2.05) is 11.6 Å². The van der Waals surface area contributed by atoms with Crippen LogP contribution in [-0.4, -0.2) is 44.7 Å². The lowest BCUT2D eigenvalue weighted by atomic mass is 9.91. The van der Waals surface area contributed by atoms with Crippen LogP contribution < -0.4 is 0 Å². The molecule has 3 rings (SSSR count). The third-order valence-corrected chi connectivity index (χ3v) is 4.98. The summed E-state index contributed by atoms with van der Waals surface area (Å²) in [6.07, 6.45) is 5.27. The Morgan fingerprint density at radius 2 is 2.08 bits per heavy atom. The topological polar surface area (TPSA) is 46.8 Å². The van der Waals surface area contributed by atoms with Crippen LogP contribution in [0.15, 0.2) is 18.2 Å². The van der Waals surface area contributed by atoms with Crippen LogP contribution in [0.2, 0.25) is 0 Å². The van der Waals surface area contributed by atoms with Gasteiger partial charge in [-0.05, 0) is 86.2 Å². The lowest BCUT2D eigenvalue weighted by Gasteiger charge is -2.32. The Labute approximate surface area is 147 Å². The van der Waals surface area contributed by atoms with Gasteiger partial charge in [-0.3, -0.25) is 0 Å². The fourth-order valence-electron chi connectivity index (χ4n) is 3.56. The van der Waals surface area contributed by atoms with E-state index in [2.05, 4.69) is 20.4 Å². The Morgan fingerprint density at radius 3 is 2.84 bits per heavy atom. The lowest BCUT2D eigenvalue weighted by Crippen LogP contribution is -2.36. The summed E-state index contributed by atoms with van der Waals surface area (Å²) < 4.78 is 28.1. The normalized spacial score (nSPS) is 18.6. The highest BCUT2D eigenvalue weighted by Crippen LogP contribution is 2.22. The van der Waals surface area contributed by atoms with Crippen LogP contribution in [-0.2, 0) is 13.0 Å². The third kappa shape index (κ3) is 5.04. The number of aryl methyl sites for hydroxylation is 3. The summed E-state index contributed by atoms with van der Waals surface area (Å²) in [6.45, 7) is 6.01. The molecular weight excluding hydrogens is 324 g/mol. The summed E-state index contributed by atoms with van der Waals surface area (Å²) in [5.74, 6) is -0.0502. The molecule has 1 atom stereocenters. The van der Waals surface area contributed by atoms with E-state index in [0.717, 1.165) is 56.8 Å². The van der Waals surface area contributed by atoms with E-state index in [9.17, 15) is 8.78 Å². The molecule has 25 heavy (non-hydrogen) atoms. The number of nitrogens with zero attached hydrogens (tertiary/aromatic N) is 5. The maximum absolute atomic E-state index is 13.3. The van der Waals surface area contributed by atoms with Crippen molar-refractivity contribution in [3.63, 3.8) is 0 Å². The van der Waals surface area contributed by atoms with Gasteiger partial charge in [0.15, 0.2) is 11.6 Å². The maximum atomic E-state index is 13.3. The highest BCUT2D eigenvalue weighted by molar-refractivity contribution is 5.17. The summed E-state index contributed by atoms with van der Waals surface area (Å²) >= 11 is 0. The second-order valence-corrected chi connectivity index (χ2v) is 6.90. The van der Waals surface area contributed by atoms with E-state index < -0.39 is 11.6 Å². The van der Waals surface area contributed by atoms with E-state index >= 15 is 0 Å². The maximum Gasteiger partial charge on any atom is 0.159 e. The Bertz CT molecular complexity index is 688. The zero-order valence-electron chi connectivity index (χ0n) is 14.7. The molecule has 1 saturated heterocycles. The van der Waals surface area contributed by atoms with Crippen LogP contribution in [0.3, 0.4) is 0 Å². The Morgan fingerprint density at radius 1 is 1.20 bits per heavy atom. The van der Waals surface area contributed by atoms with Gasteiger partial charge in [0.25, 0.3) is 0 Å². The predicted octanol–water partition coefficient (Wildman–Crippen LogP) is 2.99. The van der Waals surface area contributed by atoms with Crippen molar-refractivity contribution in [1.82, 2.24) is 25.1 Å². The summed E-state index contributed by atoms with van der Waals surface area (Å²) in [4.78, 5) is 2.50. The van der Waals surface area contributed by atoms with E-state index in [-0.39, 0.29) is 0 Å². The van der Waals surface area contributed by atoms with Gasteiger partial charge in [0.1, 0.15) is 5.82 Å². The number of hydrogen-bond acceptors (Lipinski definition) is 4. The molecule has 0 amide bonds. The van der Waals surface area contributed by atoms with Gasteiger partial charge in [0, 0.05) is 13.1 Å². The highest BCUT2D eigenvalue weighted by Gasteiger charge is 2.19. The van der Waals surface area contributed by atoms with E-state index in [1.165, 1.54) is 25.0 Å². The highest BCUT2D eigenvalue weighted by atomic mass is 19.2. The molecular formula is C18H25F2N5. The van der Waals surface area contributed by atoms with Gasteiger partial charge < -0.3 is 4.90 Å². The number of halogens is 2. The van der Waals surface area contributed by atoms with Crippen LogP contribution in [0.5, 0.6) is 0 Å². The molecule has 1 aromatic carbocycles. The van der Waals surface area contributed by atoms with Crippen molar-refractivity contribution >= 4 is 0 Å². The van der Waals surface area contributed by atoms with Crippen LogP contribution >= 0.6 is 0 Å². The van der Waals surface area contributed by atoms with Crippen molar-refractivity contribution in [2.75, 3.05) is 19.6 Å². The molecule has 5 nitrogen and oxygen atoms in total. The molecule has 2 aromatic rings. The standard InChI is InChI=1S/C18H25F2N5/c1-14-21-22-23-25(14)11-3-10-24-9-2-4-16(13-24)6-5-15-7-8-17(19)18(20)12-15/h7-8,12,16H,2-6,9-11,13H2,1H3/t16-/m0/s1. The molecule has 0 N–H and O–H groups in total. The van der Waals surface area contributed by atoms with Gasteiger partial charge in [0.2, 0.25) is 0 Å². The Balaban J connectivity index is 1.41. The molecule has 2 heterocycles. The predicted molar refractivity (Wildman–Crippen MR) is 91.0 cm³/mol. The van der Waals surface area contributed by atoms with E-state index in [1.54, 1.807) is 6.07 Å². The second kappa shape index (κ2) is 8.47. The number of likely N-dealkylation sites (tertiary alicyclic amines) is 1. The molecule has 0 bridgehead atoms. The summed E-state index contributed by atoms with van der Waals surface area (Å²) in [6, 6.07) is 4.23. The number of benzene rings is 1. The average molecular weight is 349 g/mol. The number of tetrazole rings is 1. The molecule has 0 spiro atoms. The Kier molecular flexibility index (Phi) is 6.07. The summed E-state index contributed by atoms with van der Waals surface area (Å²) in [5.41, 5.74) is 0.880. The quantitative estimate of drug-likeness (QED) is 0.771. The molecule has 1 fully saturated rings. The largest absolute Gasteiger partial charge is 0.303 e. The molecule has 0 radical (unpaired) electrons. The monoisotopic (exact) mass is 349 g/mol. The number of piperidine rings is 1. The molecule has 1 aliphatic rings. The van der Waals surface area contributed by atoms with Gasteiger partial charge in [-0.15, -0.1) is 5.10 Å². The lowest BCUT2D eigenvalue weighted by molar-refractivity contribution is 0.164. The van der Waals surface area contributed by atoms with Crippen molar-refractivity contribution in [3.8, 4) is 0 Å². The van der Waals surface area contributed by atoms with Gasteiger partial charge >= 0.3 is 0 Å². The fourth-order valence-corrected chi connectivity index (χ4v) is 3.56. The van der Waals surface area contributed by atoms with Gasteiger partial charge in [0.05, 0.1) is 0 Å². The molecule has 0 saturated carbocycles. The van der Waals surface area contributed by atoms with Crippen molar-refractivity contribution in [2.45, 2.75) is 45.6 Å². The van der Waals surface area contributed by atoms with Crippen molar-refractivity contribution in [2.24, 2.45) is 5.92 Å². The number of hydrogen-bond donors (Lipinski definition) is 0. The zero-order chi connectivity index (χ0) is 17.6. The van der Waals surface area contributed by atoms with Gasteiger partial charge in [-0.1, -0.05) is 6.07 Å². The smallest absolute Gasteiger partial charge is 0.159 e. The minimum Gasteiger partial charge on any atom is -0.303 e. The first kappa shape index (κ1) is 17.9. The van der Waals surface area contributed by atoms with Crippen molar-refractivity contribution in [3.05, 3.63) is 41.2 Å². The van der Waals surface area contributed by atoms with Crippen LogP contribution in [0, 0.1) is 24.5 Å². The molecule has 7 heteroatoms. The SMILES string of the molecule is Cc1nnnn1CCCN1CCC[C@@H](CCc2ccc(F)c(F)c2)C1. The number of aromatic nitrogens is 4. The van der Waals surface area contributed by atoms with E-state index in [4.69, 9.17) is 0 Å². The van der Waals surface area contributed by atoms with Crippen molar-refractivity contribution < 1.29 is 8.78 Å². The first-order valence-corrected chi connectivity index (χ1v) is 9.01. The molecule has 136 valence electrons. The second-order valence-electron chi connectivity index (χ2n) is 6.90. The first-order chi connectivity index (χ1) is 12.1. The zero-order valence-corrected chi connectivity index (χ0v) is 14.7. The first-order valence-electron chi connectivity index (χ1n) is 9.01. The fraction of sp³-hybridized carbons (Fsp3) is 0.611. The minimum absolute atomic E-state index is 0.622. The molecule has 0 aliphatic carbocycles. The molecule has 0 unspecified atom stereocenters. The van der Waals surface area contributed by atoms with Gasteiger partial charge in [-0.2, -0.15) is 0 Å². The third-order valence-electron chi connectivity index (χ3n) is 4.98. The van der Waals surface area contributed by atoms with E-state index in [0.29, 0.717) is 5.92 Å². The van der Waals surface area contributed by atoms with Crippen LogP contribution in [0.25, 0.3) is 0 Å². The van der Waals surface area contributed by atoms with Crippen LogP contribution in [0.1, 0.15) is 37.1 Å². The van der Waals surface area contributed by atoms with Gasteiger partial charge in [-0.25, -0.2) is 13.5 Å². The summed E-state index contributed by atoms with van der Waals surface area (Å²) in [5, 5.41) is 11.5. The van der Waals surface area contributed by atoms with Crippen LogP contribution in [0.4, 0.5) is 8.78 Å².